The van der Waals surface area contributed by atoms with Gasteiger partial charge >= 0.3 is 0 Å². The Labute approximate surface area is 200 Å². The lowest BCUT2D eigenvalue weighted by Gasteiger charge is -2.34. The van der Waals surface area contributed by atoms with E-state index >= 15 is 0 Å². The summed E-state index contributed by atoms with van der Waals surface area (Å²) in [5, 5.41) is 3.17. The Morgan fingerprint density at radius 2 is 2.21 bits per heavy atom. The summed E-state index contributed by atoms with van der Waals surface area (Å²) in [4.78, 5) is 25.6. The summed E-state index contributed by atoms with van der Waals surface area (Å²) in [6.07, 6.45) is 4.59. The van der Waals surface area contributed by atoms with Crippen molar-refractivity contribution in [2.75, 3.05) is 32.2 Å². The minimum absolute atomic E-state index is 0.0708. The van der Waals surface area contributed by atoms with E-state index in [1.165, 1.54) is 36.3 Å². The summed E-state index contributed by atoms with van der Waals surface area (Å²) >= 11 is 1.49. The summed E-state index contributed by atoms with van der Waals surface area (Å²) in [6, 6.07) is 4.44. The molecule has 1 aliphatic carbocycles. The van der Waals surface area contributed by atoms with Gasteiger partial charge in [-0.25, -0.2) is 14.4 Å². The lowest BCUT2D eigenvalue weighted by Crippen LogP contribution is -2.37. The zero-order chi connectivity index (χ0) is 23.9. The largest absolute Gasteiger partial charge is 0.474 e. The van der Waals surface area contributed by atoms with Crippen LogP contribution in [0.1, 0.15) is 35.8 Å². The van der Waals surface area contributed by atoms with Gasteiger partial charge in [0, 0.05) is 37.3 Å². The van der Waals surface area contributed by atoms with E-state index in [1.807, 2.05) is 6.92 Å². The number of benzene rings is 1. The maximum atomic E-state index is 15.0. The quantitative estimate of drug-likeness (QED) is 0.583. The first-order valence-corrected chi connectivity index (χ1v) is 11.9. The molecule has 2 aliphatic heterocycles. The number of aromatic nitrogens is 2. The second-order valence-corrected chi connectivity index (χ2v) is 10.4. The monoisotopic (exact) mass is 487 g/mol. The van der Waals surface area contributed by atoms with Crippen LogP contribution in [0.15, 0.2) is 35.6 Å². The summed E-state index contributed by atoms with van der Waals surface area (Å²) in [5.74, 6) is -0.481. The van der Waals surface area contributed by atoms with Gasteiger partial charge < -0.3 is 25.3 Å². The fraction of sp³-hybridized carbons (Fsp3) is 0.478. The maximum Gasteiger partial charge on any atom is 0.275 e. The summed E-state index contributed by atoms with van der Waals surface area (Å²) in [6.45, 7) is 3.54. The second kappa shape index (κ2) is 8.79. The zero-order valence-corrected chi connectivity index (χ0v) is 19.7. The van der Waals surface area contributed by atoms with E-state index in [4.69, 9.17) is 19.9 Å². The number of ether oxygens (including phenoxy) is 3. The van der Waals surface area contributed by atoms with Crippen LogP contribution < -0.4 is 15.8 Å². The predicted molar refractivity (Wildman–Crippen MR) is 126 cm³/mol. The van der Waals surface area contributed by atoms with Crippen LogP contribution >= 0.6 is 11.8 Å². The first-order valence-electron chi connectivity index (χ1n) is 11.0. The number of nitrogens with one attached hydrogen (secondary N) is 1. The molecular formula is C23H26FN5O4S. The Morgan fingerprint density at radius 1 is 1.38 bits per heavy atom. The van der Waals surface area contributed by atoms with Crippen molar-refractivity contribution in [3.63, 3.8) is 0 Å². The van der Waals surface area contributed by atoms with Gasteiger partial charge in [0.05, 0.1) is 35.4 Å². The average molecular weight is 488 g/mol. The number of hydrogen-bond donors (Lipinski definition) is 2. The van der Waals surface area contributed by atoms with Gasteiger partial charge in [0.1, 0.15) is 18.1 Å². The first kappa shape index (κ1) is 23.0. The molecule has 0 radical (unpaired) electrons. The van der Waals surface area contributed by atoms with Gasteiger partial charge in [-0.2, -0.15) is 0 Å². The molecule has 1 saturated carbocycles. The van der Waals surface area contributed by atoms with E-state index in [-0.39, 0.29) is 22.5 Å². The Morgan fingerprint density at radius 3 is 2.88 bits per heavy atom. The highest BCUT2D eigenvalue weighted by atomic mass is 32.2. The molecule has 1 aromatic carbocycles. The molecule has 4 atom stereocenters. The molecule has 3 N–H and O–H groups in total. The molecule has 0 bridgehead atoms. The molecule has 1 saturated heterocycles. The number of nitrogens with zero attached hydrogens (tertiary/aromatic N) is 3. The number of nitrogens with two attached hydrogens (primary N) is 1. The molecule has 3 aliphatic rings. The van der Waals surface area contributed by atoms with Gasteiger partial charge in [-0.05, 0) is 31.5 Å². The summed E-state index contributed by atoms with van der Waals surface area (Å²) < 4.78 is 31.0. The van der Waals surface area contributed by atoms with E-state index in [9.17, 15) is 9.18 Å². The van der Waals surface area contributed by atoms with Crippen LogP contribution in [0.25, 0.3) is 0 Å². The molecule has 1 amide bonds. The van der Waals surface area contributed by atoms with E-state index < -0.39 is 17.3 Å². The van der Waals surface area contributed by atoms with Crippen LogP contribution in [-0.2, 0) is 15.0 Å². The molecule has 9 nitrogen and oxygen atoms in total. The molecule has 5 rings (SSSR count). The van der Waals surface area contributed by atoms with E-state index in [0.29, 0.717) is 35.5 Å². The van der Waals surface area contributed by atoms with Crippen molar-refractivity contribution in [2.24, 2.45) is 16.6 Å². The molecular weight excluding hydrogens is 461 g/mol. The van der Waals surface area contributed by atoms with E-state index in [2.05, 4.69) is 20.3 Å². The number of thioether (sulfide) groups is 1. The van der Waals surface area contributed by atoms with Crippen LogP contribution in [0, 0.1) is 11.7 Å². The fourth-order valence-electron chi connectivity index (χ4n) is 4.62. The van der Waals surface area contributed by atoms with Crippen molar-refractivity contribution in [3.8, 4) is 5.88 Å². The predicted octanol–water partition coefficient (Wildman–Crippen LogP) is 2.72. The smallest absolute Gasteiger partial charge is 0.275 e. The number of aliphatic imine (C=N–C) groups is 1. The highest BCUT2D eigenvalue weighted by molar-refractivity contribution is 8.15. The van der Waals surface area contributed by atoms with Crippen molar-refractivity contribution in [1.29, 1.82) is 0 Å². The number of fused-ring (bicyclic) bond motifs is 1. The molecule has 2 aromatic rings. The van der Waals surface area contributed by atoms with Crippen LogP contribution in [0.3, 0.4) is 0 Å². The minimum Gasteiger partial charge on any atom is -0.474 e. The average Bonchev–Trinajstić information content (AvgIpc) is 3.49. The second-order valence-electron chi connectivity index (χ2n) is 8.94. The third-order valence-corrected chi connectivity index (χ3v) is 7.86. The third-order valence-electron chi connectivity index (χ3n) is 6.58. The van der Waals surface area contributed by atoms with Gasteiger partial charge in [0.25, 0.3) is 5.91 Å². The Balaban J connectivity index is 1.31. The number of amides is 1. The van der Waals surface area contributed by atoms with Crippen molar-refractivity contribution in [3.05, 3.63) is 47.7 Å². The molecule has 3 heterocycles. The van der Waals surface area contributed by atoms with Gasteiger partial charge in [-0.15, -0.1) is 0 Å². The lowest BCUT2D eigenvalue weighted by atomic mass is 9.85. The van der Waals surface area contributed by atoms with Crippen molar-refractivity contribution in [1.82, 2.24) is 9.97 Å². The number of hydrogen-bond acceptors (Lipinski definition) is 9. The highest BCUT2D eigenvalue weighted by Crippen LogP contribution is 2.66. The highest BCUT2D eigenvalue weighted by Gasteiger charge is 2.66. The molecule has 1 aromatic heterocycles. The molecule has 2 fully saturated rings. The molecule has 0 spiro atoms. The third kappa shape index (κ3) is 4.23. The van der Waals surface area contributed by atoms with E-state index in [1.54, 1.807) is 13.2 Å². The van der Waals surface area contributed by atoms with Crippen LogP contribution in [0.4, 0.5) is 10.1 Å². The summed E-state index contributed by atoms with van der Waals surface area (Å²) in [5.41, 5.74) is 6.18. The van der Waals surface area contributed by atoms with Crippen molar-refractivity contribution < 1.29 is 23.4 Å². The van der Waals surface area contributed by atoms with Gasteiger partial charge in [-0.1, -0.05) is 11.8 Å². The van der Waals surface area contributed by atoms with Crippen LogP contribution in [0.2, 0.25) is 0 Å². The van der Waals surface area contributed by atoms with E-state index in [0.717, 1.165) is 19.4 Å². The molecule has 11 heteroatoms. The lowest BCUT2D eigenvalue weighted by molar-refractivity contribution is -0.0727. The number of methoxy groups -OCH3 is 1. The minimum atomic E-state index is -0.859. The normalized spacial score (nSPS) is 29.4. The van der Waals surface area contributed by atoms with Crippen molar-refractivity contribution >= 4 is 28.5 Å². The number of amidine groups is 1. The fourth-order valence-corrected chi connectivity index (χ4v) is 6.07. The SMILES string of the molecule is COC[C@]12CC1[C@@](C)(c1cc(NC(=O)c3cnc(OCC4CCO4)cn3)ccc1F)N=C(N)S2. The van der Waals surface area contributed by atoms with Crippen LogP contribution in [-0.4, -0.2) is 58.8 Å². The number of anilines is 1. The Hall–Kier alpha value is -2.76. The van der Waals surface area contributed by atoms with Crippen molar-refractivity contribution in [2.45, 2.75) is 36.2 Å². The maximum absolute atomic E-state index is 15.0. The topological polar surface area (TPSA) is 121 Å². The molecule has 180 valence electrons. The zero-order valence-electron chi connectivity index (χ0n) is 18.9. The molecule has 2 unspecified atom stereocenters. The van der Waals surface area contributed by atoms with Gasteiger partial charge in [0.2, 0.25) is 5.88 Å². The standard InChI is InChI=1S/C23H26FN5O4S/c1-22(18-8-23(18,12-31-2)34-21(25)29-22)15-7-13(3-4-16(15)24)28-20(30)17-9-27-19(10-26-17)33-11-14-5-6-32-14/h3-4,7,9-10,14,18H,5-6,8,11-12H2,1-2H3,(H2,25,29)(H,28,30)/t14?,18?,22-,23-/m1/s1. The van der Waals surface area contributed by atoms with Gasteiger partial charge in [-0.3, -0.25) is 9.79 Å². The Kier molecular flexibility index (Phi) is 5.95. The molecule has 34 heavy (non-hydrogen) atoms. The van der Waals surface area contributed by atoms with Gasteiger partial charge in [0.15, 0.2) is 5.17 Å². The Bertz CT molecular complexity index is 1130. The first-order chi connectivity index (χ1) is 16.3. The number of rotatable bonds is 8. The number of carbonyl (C=O) groups excluding carboxylic acids is 1. The number of halogens is 1. The van der Waals surface area contributed by atoms with Crippen LogP contribution in [0.5, 0.6) is 5.88 Å². The summed E-state index contributed by atoms with van der Waals surface area (Å²) in [7, 11) is 1.64. The number of carbonyl (C=O) groups is 1.